The van der Waals surface area contributed by atoms with Gasteiger partial charge in [-0.05, 0) is 34.4 Å². The van der Waals surface area contributed by atoms with E-state index < -0.39 is 0 Å². The number of hydrogen-bond donors (Lipinski definition) is 0. The van der Waals surface area contributed by atoms with Crippen molar-refractivity contribution >= 4 is 32.3 Å². The summed E-state index contributed by atoms with van der Waals surface area (Å²) in [6.07, 6.45) is 0. The molecule has 0 atom stereocenters. The standard InChI is InChI=1S/C51H33N3S/c1-5-15-36(16-6-1)44-33-45(54-51(53-44)41-21-11-4-12-22-41)37-29-25-34(26-30-37)35-27-31-40(32-28-35)49-46(38-17-7-2-8-18-38)47-48(39-19-9-3-10-20-39)52-43-24-14-13-23-42(43)50(47)55-49/h1-33H. The lowest BCUT2D eigenvalue weighted by Gasteiger charge is -2.11. The third-order valence-corrected chi connectivity index (χ3v) is 11.4. The summed E-state index contributed by atoms with van der Waals surface area (Å²) < 4.78 is 1.26. The van der Waals surface area contributed by atoms with Gasteiger partial charge in [0.2, 0.25) is 0 Å². The van der Waals surface area contributed by atoms with E-state index in [1.165, 1.54) is 37.0 Å². The van der Waals surface area contributed by atoms with Crippen LogP contribution in [0, 0.1) is 0 Å². The molecule has 0 radical (unpaired) electrons. The minimum atomic E-state index is 0.715. The maximum atomic E-state index is 5.29. The van der Waals surface area contributed by atoms with Gasteiger partial charge >= 0.3 is 0 Å². The van der Waals surface area contributed by atoms with Crippen LogP contribution in [0.25, 0.3) is 98.8 Å². The summed E-state index contributed by atoms with van der Waals surface area (Å²) in [5.74, 6) is 0.715. The van der Waals surface area contributed by atoms with Crippen molar-refractivity contribution in [3.63, 3.8) is 0 Å². The summed E-state index contributed by atoms with van der Waals surface area (Å²) in [5, 5.41) is 2.38. The van der Waals surface area contributed by atoms with E-state index in [0.29, 0.717) is 5.82 Å². The van der Waals surface area contributed by atoms with Gasteiger partial charge in [-0.1, -0.05) is 188 Å². The fourth-order valence-corrected chi connectivity index (χ4v) is 8.75. The Hall–Kier alpha value is -7.01. The van der Waals surface area contributed by atoms with E-state index in [1.807, 2.05) is 47.7 Å². The highest BCUT2D eigenvalue weighted by Gasteiger charge is 2.22. The molecule has 3 heterocycles. The summed E-state index contributed by atoms with van der Waals surface area (Å²) in [5.41, 5.74) is 14.0. The molecule has 0 spiro atoms. The van der Waals surface area contributed by atoms with Crippen LogP contribution in [-0.4, -0.2) is 15.0 Å². The van der Waals surface area contributed by atoms with Crippen molar-refractivity contribution in [2.24, 2.45) is 0 Å². The van der Waals surface area contributed by atoms with Crippen LogP contribution in [0.5, 0.6) is 0 Å². The number of pyridine rings is 1. The van der Waals surface area contributed by atoms with E-state index in [2.05, 4.69) is 164 Å². The smallest absolute Gasteiger partial charge is 0.160 e. The Kier molecular flexibility index (Phi) is 8.36. The second-order valence-electron chi connectivity index (χ2n) is 13.6. The molecule has 7 aromatic carbocycles. The third kappa shape index (κ3) is 6.19. The third-order valence-electron chi connectivity index (χ3n) is 10.1. The monoisotopic (exact) mass is 719 g/mol. The molecule has 4 heteroatoms. The second kappa shape index (κ2) is 14.1. The van der Waals surface area contributed by atoms with Gasteiger partial charge in [0.05, 0.1) is 22.6 Å². The first kappa shape index (κ1) is 32.6. The summed E-state index contributed by atoms with van der Waals surface area (Å²) in [4.78, 5) is 16.5. The first-order valence-corrected chi connectivity index (χ1v) is 19.3. The average molecular weight is 720 g/mol. The molecule has 0 N–H and O–H groups in total. The Balaban J connectivity index is 1.05. The molecule has 10 aromatic rings. The van der Waals surface area contributed by atoms with Gasteiger partial charge in [-0.25, -0.2) is 15.0 Å². The van der Waals surface area contributed by atoms with Crippen molar-refractivity contribution in [3.8, 4) is 77.9 Å². The normalized spacial score (nSPS) is 11.3. The van der Waals surface area contributed by atoms with Gasteiger partial charge in [0, 0.05) is 48.2 Å². The van der Waals surface area contributed by atoms with Gasteiger partial charge in [-0.3, -0.25) is 0 Å². The Morgan fingerprint density at radius 3 is 1.40 bits per heavy atom. The molecule has 0 saturated carbocycles. The minimum Gasteiger partial charge on any atom is -0.247 e. The van der Waals surface area contributed by atoms with Crippen molar-refractivity contribution in [1.82, 2.24) is 15.0 Å². The number of hydrogen-bond acceptors (Lipinski definition) is 4. The summed E-state index contributed by atoms with van der Waals surface area (Å²) in [7, 11) is 0. The van der Waals surface area contributed by atoms with Crippen LogP contribution < -0.4 is 0 Å². The molecule has 0 fully saturated rings. The number of thiophene rings is 1. The predicted octanol–water partition coefficient (Wildman–Crippen LogP) is 13.9. The van der Waals surface area contributed by atoms with Crippen molar-refractivity contribution in [3.05, 3.63) is 200 Å². The fraction of sp³-hybridized carbons (Fsp3) is 0. The molecule has 0 amide bonds. The molecule has 0 aliphatic heterocycles. The van der Waals surface area contributed by atoms with E-state index in [4.69, 9.17) is 15.0 Å². The Morgan fingerprint density at radius 1 is 0.345 bits per heavy atom. The molecule has 258 valence electrons. The van der Waals surface area contributed by atoms with Crippen LogP contribution in [0.15, 0.2) is 200 Å². The van der Waals surface area contributed by atoms with Crippen molar-refractivity contribution < 1.29 is 0 Å². The molecule has 10 rings (SSSR count). The van der Waals surface area contributed by atoms with Crippen LogP contribution in [0.2, 0.25) is 0 Å². The lowest BCUT2D eigenvalue weighted by atomic mass is 9.94. The maximum absolute atomic E-state index is 5.29. The molecule has 0 saturated heterocycles. The predicted molar refractivity (Wildman–Crippen MR) is 231 cm³/mol. The molecule has 3 nitrogen and oxygen atoms in total. The number of para-hydroxylation sites is 1. The van der Waals surface area contributed by atoms with Gasteiger partial charge in [0.15, 0.2) is 5.82 Å². The SMILES string of the molecule is c1ccc(-c2cc(-c3ccc(-c4ccc(-c5sc6c(c(-c7ccccc7)nc7ccccc76)c5-c5ccccc5)cc4)cc3)nc(-c3ccccc3)n2)cc1. The summed E-state index contributed by atoms with van der Waals surface area (Å²) in [6.45, 7) is 0. The van der Waals surface area contributed by atoms with E-state index in [0.717, 1.165) is 56.0 Å². The van der Waals surface area contributed by atoms with Gasteiger partial charge in [-0.2, -0.15) is 0 Å². The summed E-state index contributed by atoms with van der Waals surface area (Å²) >= 11 is 1.86. The van der Waals surface area contributed by atoms with Crippen LogP contribution >= 0.6 is 11.3 Å². The van der Waals surface area contributed by atoms with Crippen LogP contribution in [0.1, 0.15) is 0 Å². The number of nitrogens with zero attached hydrogens (tertiary/aromatic N) is 3. The van der Waals surface area contributed by atoms with Crippen molar-refractivity contribution in [2.75, 3.05) is 0 Å². The molecular formula is C51H33N3S. The molecular weight excluding hydrogens is 687 g/mol. The fourth-order valence-electron chi connectivity index (χ4n) is 7.39. The average Bonchev–Trinajstić information content (AvgIpc) is 3.68. The maximum Gasteiger partial charge on any atom is 0.160 e. The van der Waals surface area contributed by atoms with Crippen LogP contribution in [-0.2, 0) is 0 Å². The molecule has 0 aliphatic rings. The van der Waals surface area contributed by atoms with Crippen molar-refractivity contribution in [1.29, 1.82) is 0 Å². The Morgan fingerprint density at radius 2 is 0.800 bits per heavy atom. The molecule has 0 unspecified atom stereocenters. The van der Waals surface area contributed by atoms with E-state index in [1.54, 1.807) is 0 Å². The van der Waals surface area contributed by atoms with Gasteiger partial charge in [0.25, 0.3) is 0 Å². The number of fused-ring (bicyclic) bond motifs is 3. The number of rotatable bonds is 7. The highest BCUT2D eigenvalue weighted by atomic mass is 32.1. The zero-order valence-corrected chi connectivity index (χ0v) is 30.6. The molecule has 0 aliphatic carbocycles. The second-order valence-corrected chi connectivity index (χ2v) is 14.6. The van der Waals surface area contributed by atoms with Crippen LogP contribution in [0.4, 0.5) is 0 Å². The van der Waals surface area contributed by atoms with Gasteiger partial charge in [0.1, 0.15) is 0 Å². The Labute approximate surface area is 323 Å². The van der Waals surface area contributed by atoms with Gasteiger partial charge < -0.3 is 0 Å². The van der Waals surface area contributed by atoms with E-state index in [9.17, 15) is 0 Å². The van der Waals surface area contributed by atoms with Crippen LogP contribution in [0.3, 0.4) is 0 Å². The zero-order valence-electron chi connectivity index (χ0n) is 29.8. The number of benzene rings is 7. The van der Waals surface area contributed by atoms with Gasteiger partial charge in [-0.15, -0.1) is 11.3 Å². The van der Waals surface area contributed by atoms with E-state index >= 15 is 0 Å². The first-order chi connectivity index (χ1) is 27.3. The first-order valence-electron chi connectivity index (χ1n) is 18.4. The minimum absolute atomic E-state index is 0.715. The lowest BCUT2D eigenvalue weighted by molar-refractivity contribution is 1.18. The van der Waals surface area contributed by atoms with E-state index in [-0.39, 0.29) is 0 Å². The lowest BCUT2D eigenvalue weighted by Crippen LogP contribution is -1.95. The molecule has 55 heavy (non-hydrogen) atoms. The summed E-state index contributed by atoms with van der Waals surface area (Å²) in [6, 6.07) is 70.2. The number of aromatic nitrogens is 3. The molecule has 0 bridgehead atoms. The molecule has 3 aromatic heterocycles. The quantitative estimate of drug-likeness (QED) is 0.165. The highest BCUT2D eigenvalue weighted by molar-refractivity contribution is 7.24. The highest BCUT2D eigenvalue weighted by Crippen LogP contribution is 2.50. The largest absolute Gasteiger partial charge is 0.247 e. The Bertz CT molecular complexity index is 2870. The topological polar surface area (TPSA) is 38.7 Å². The zero-order chi connectivity index (χ0) is 36.6. The van der Waals surface area contributed by atoms with Crippen molar-refractivity contribution in [2.45, 2.75) is 0 Å².